The normalized spacial score (nSPS) is 10.2. The minimum Gasteiger partial charge on any atom is -0.655 e. The first kappa shape index (κ1) is 15.1. The topological polar surface area (TPSA) is 39.9 Å². The maximum atomic E-state index is 4.38. The number of aromatic nitrogens is 3. The minimum absolute atomic E-state index is 0.962. The van der Waals surface area contributed by atoms with Gasteiger partial charge in [0, 0.05) is 12.4 Å². The van der Waals surface area contributed by atoms with E-state index in [2.05, 4.69) is 15.0 Å². The molecule has 0 atom stereocenters. The van der Waals surface area contributed by atoms with Crippen LogP contribution in [0.4, 0.5) is 0 Å². The molecule has 0 fully saturated rings. The third-order valence-electron chi connectivity index (χ3n) is 2.48. The summed E-state index contributed by atoms with van der Waals surface area (Å²) in [5, 5.41) is 1.92. The highest BCUT2D eigenvalue weighted by Gasteiger charge is 2.04. The molecule has 3 rings (SSSR count). The molecule has 0 amide bonds. The van der Waals surface area contributed by atoms with E-state index in [4.69, 9.17) is 0 Å². The number of hydrogen-bond acceptors (Lipinski definition) is 4. The highest BCUT2D eigenvalue weighted by molar-refractivity contribution is 8.48. The Morgan fingerprint density at radius 3 is 1.91 bits per heavy atom. The zero-order chi connectivity index (χ0) is 15.0. The van der Waals surface area contributed by atoms with Gasteiger partial charge in [-0.25, -0.2) is 9.97 Å². The second kappa shape index (κ2) is 8.03. The van der Waals surface area contributed by atoms with Crippen molar-refractivity contribution in [3.05, 3.63) is 77.8 Å². The largest absolute Gasteiger partial charge is 0.655 e. The second-order valence-electron chi connectivity index (χ2n) is 4.06. The zero-order valence-corrected chi connectivity index (χ0v) is 13.9. The van der Waals surface area contributed by atoms with E-state index in [9.17, 15) is 0 Å². The first-order valence-electron chi connectivity index (χ1n) is 6.54. The van der Waals surface area contributed by atoms with E-state index in [1.807, 2.05) is 54.6 Å². The molecule has 0 aliphatic heterocycles. The molecule has 3 nitrogen and oxygen atoms in total. The van der Waals surface area contributed by atoms with E-state index < -0.39 is 0 Å². The summed E-state index contributed by atoms with van der Waals surface area (Å²) in [5.74, 6) is 0. The Kier molecular flexibility index (Phi) is 5.53. The van der Waals surface area contributed by atoms with Gasteiger partial charge in [0.05, 0.1) is 0 Å². The van der Waals surface area contributed by atoms with E-state index in [1.54, 1.807) is 53.1 Å². The molecule has 110 valence electrons. The molecule has 0 saturated heterocycles. The maximum absolute atomic E-state index is 4.38. The van der Waals surface area contributed by atoms with Gasteiger partial charge >= 0.3 is 0 Å². The fourth-order valence-corrected chi connectivity index (χ4v) is 4.87. The SMILES string of the molecule is c1ccc(SC(Sc2ccccn2)=S=c2cccc[n-]2)nc1. The summed E-state index contributed by atoms with van der Waals surface area (Å²) in [7, 11) is 1.63. The summed E-state index contributed by atoms with van der Waals surface area (Å²) in [6.07, 6.45) is 5.41. The Balaban J connectivity index is 1.98. The van der Waals surface area contributed by atoms with Gasteiger partial charge in [0.1, 0.15) is 13.6 Å². The summed E-state index contributed by atoms with van der Waals surface area (Å²) in [6.45, 7) is 0. The molecule has 0 aromatic carbocycles. The van der Waals surface area contributed by atoms with Crippen LogP contribution in [0.1, 0.15) is 0 Å². The summed E-state index contributed by atoms with van der Waals surface area (Å²) < 4.78 is 2.08. The van der Waals surface area contributed by atoms with Gasteiger partial charge in [0.25, 0.3) is 0 Å². The summed E-state index contributed by atoms with van der Waals surface area (Å²) in [5.41, 5.74) is 0. The minimum atomic E-state index is 0.962. The van der Waals surface area contributed by atoms with Crippen LogP contribution in [0.2, 0.25) is 0 Å². The number of nitrogens with zero attached hydrogens (tertiary/aromatic N) is 3. The lowest BCUT2D eigenvalue weighted by Gasteiger charge is -2.04. The van der Waals surface area contributed by atoms with E-state index in [1.165, 1.54) is 0 Å². The predicted octanol–water partition coefficient (Wildman–Crippen LogP) is 4.37. The van der Waals surface area contributed by atoms with Crippen molar-refractivity contribution < 1.29 is 0 Å². The quantitative estimate of drug-likeness (QED) is 0.511. The van der Waals surface area contributed by atoms with Crippen molar-refractivity contribution in [2.75, 3.05) is 0 Å². The smallest absolute Gasteiger partial charge is 0.104 e. The van der Waals surface area contributed by atoms with Crippen molar-refractivity contribution in [3.8, 4) is 0 Å². The Hall–Kier alpha value is -1.76. The van der Waals surface area contributed by atoms with E-state index in [0.717, 1.165) is 18.2 Å². The van der Waals surface area contributed by atoms with Crippen LogP contribution in [0.5, 0.6) is 0 Å². The summed E-state index contributed by atoms with van der Waals surface area (Å²) in [6, 6.07) is 17.7. The molecule has 0 aliphatic carbocycles. The van der Waals surface area contributed by atoms with Crippen molar-refractivity contribution >= 4 is 38.0 Å². The van der Waals surface area contributed by atoms with Gasteiger partial charge in [-0.1, -0.05) is 58.5 Å². The van der Waals surface area contributed by atoms with Crippen molar-refractivity contribution in [3.63, 3.8) is 0 Å². The summed E-state index contributed by atoms with van der Waals surface area (Å²) >= 11 is 3.26. The molecule has 0 aliphatic rings. The van der Waals surface area contributed by atoms with Crippen molar-refractivity contribution in [1.29, 1.82) is 0 Å². The number of rotatable bonds is 2. The fraction of sp³-hybridized carbons (Fsp3) is 0. The molecule has 0 N–H and O–H groups in total. The zero-order valence-electron chi connectivity index (χ0n) is 11.5. The highest BCUT2D eigenvalue weighted by atomic mass is 32.2. The first-order valence-corrected chi connectivity index (χ1v) is 8.99. The van der Waals surface area contributed by atoms with E-state index in [0.29, 0.717) is 0 Å². The van der Waals surface area contributed by atoms with E-state index >= 15 is 0 Å². The summed E-state index contributed by atoms with van der Waals surface area (Å²) in [4.78, 5) is 13.1. The Morgan fingerprint density at radius 2 is 1.41 bits per heavy atom. The molecule has 0 unspecified atom stereocenters. The molecule has 0 radical (unpaired) electrons. The van der Waals surface area contributed by atoms with Crippen LogP contribution in [0, 0.1) is 4.64 Å². The number of hydrogen-bond donors (Lipinski definition) is 0. The van der Waals surface area contributed by atoms with Crippen molar-refractivity contribution in [1.82, 2.24) is 15.0 Å². The van der Waals surface area contributed by atoms with Gasteiger partial charge in [0.2, 0.25) is 0 Å². The lowest BCUT2D eigenvalue weighted by Crippen LogP contribution is -1.87. The maximum Gasteiger partial charge on any atom is 0.104 e. The van der Waals surface area contributed by atoms with Crippen LogP contribution >= 0.6 is 34.5 Å². The molecule has 3 aromatic heterocycles. The van der Waals surface area contributed by atoms with Crippen LogP contribution in [-0.4, -0.2) is 13.5 Å². The molecule has 3 heterocycles. The average molecular weight is 342 g/mol. The standard InChI is InChI=1S/C16H12N3S3/c1-4-10-17-13(7-1)20-16(21-14-8-2-5-11-18-14)22-15-9-3-6-12-19-15/h1-12H/q-1. The van der Waals surface area contributed by atoms with Crippen molar-refractivity contribution in [2.24, 2.45) is 0 Å². The van der Waals surface area contributed by atoms with Gasteiger partial charge in [-0.05, 0) is 24.3 Å². The molecular formula is C16H12N3S3-. The second-order valence-corrected chi connectivity index (χ2v) is 7.93. The fourth-order valence-electron chi connectivity index (χ4n) is 1.54. The molecular weight excluding hydrogens is 330 g/mol. The lowest BCUT2D eigenvalue weighted by atomic mass is 10.5. The molecule has 22 heavy (non-hydrogen) atoms. The van der Waals surface area contributed by atoms with Crippen LogP contribution in [0.3, 0.4) is 0 Å². The molecule has 6 heteroatoms. The van der Waals surface area contributed by atoms with E-state index in [-0.39, 0.29) is 0 Å². The Morgan fingerprint density at radius 1 is 0.773 bits per heavy atom. The molecule has 0 spiro atoms. The van der Waals surface area contributed by atoms with Gasteiger partial charge < -0.3 is 4.98 Å². The van der Waals surface area contributed by atoms with Crippen LogP contribution < -0.4 is 4.98 Å². The Labute approximate surface area is 140 Å². The number of thioether (sulfide) groups is 2. The predicted molar refractivity (Wildman–Crippen MR) is 95.8 cm³/mol. The van der Waals surface area contributed by atoms with Gasteiger partial charge in [-0.15, -0.1) is 10.9 Å². The molecule has 0 bridgehead atoms. The average Bonchev–Trinajstić information content (AvgIpc) is 2.57. The monoisotopic (exact) mass is 342 g/mol. The number of pyridine rings is 3. The van der Waals surface area contributed by atoms with Crippen LogP contribution in [0.15, 0.2) is 83.2 Å². The molecule has 0 saturated carbocycles. The first-order chi connectivity index (χ1) is 10.9. The lowest BCUT2D eigenvalue weighted by molar-refractivity contribution is 1.14. The van der Waals surface area contributed by atoms with Gasteiger partial charge in [-0.3, -0.25) is 0 Å². The van der Waals surface area contributed by atoms with Crippen LogP contribution in [-0.2, 0) is 0 Å². The van der Waals surface area contributed by atoms with Gasteiger partial charge in [0.15, 0.2) is 0 Å². The van der Waals surface area contributed by atoms with Gasteiger partial charge in [-0.2, -0.15) is 6.20 Å². The third-order valence-corrected chi connectivity index (χ3v) is 5.83. The van der Waals surface area contributed by atoms with Crippen molar-refractivity contribution in [2.45, 2.75) is 10.1 Å². The molecule has 3 aromatic rings. The van der Waals surface area contributed by atoms with Crippen LogP contribution in [0.25, 0.3) is 0 Å². The highest BCUT2D eigenvalue weighted by Crippen LogP contribution is 2.29. The Bertz CT molecular complexity index is 765. The third kappa shape index (κ3) is 4.62.